The van der Waals surface area contributed by atoms with Gasteiger partial charge in [0.2, 0.25) is 17.7 Å². The molecule has 6 nitrogen and oxygen atoms in total. The number of amides is 3. The fraction of sp³-hybridized carbons (Fsp3) is 0.688. The number of likely N-dealkylation sites (tertiary alicyclic amines) is 1. The molecule has 22 heavy (non-hydrogen) atoms. The van der Waals surface area contributed by atoms with Gasteiger partial charge in [-0.3, -0.25) is 14.4 Å². The van der Waals surface area contributed by atoms with Crippen LogP contribution in [0.4, 0.5) is 0 Å². The lowest BCUT2D eigenvalue weighted by molar-refractivity contribution is -0.127. The number of hydrogen-bond donors (Lipinski definition) is 2. The number of hydrogen-bond acceptors (Lipinski definition) is 3. The van der Waals surface area contributed by atoms with Crippen LogP contribution in [0.1, 0.15) is 32.6 Å². The van der Waals surface area contributed by atoms with E-state index in [0.717, 1.165) is 19.3 Å². The van der Waals surface area contributed by atoms with Crippen LogP contribution < -0.4 is 10.6 Å². The number of carbonyl (C=O) groups excluding carboxylic acids is 3. The Balaban J connectivity index is 1.60. The van der Waals surface area contributed by atoms with E-state index < -0.39 is 6.04 Å². The standard InChI is InChI=1S/C16H23N3O3/c1-3-14(21)19-8-10-7-11(19)4-5-12(10)17-16(22)15-9(2)6-13(20)18-15/h3,9-12,15H,1,4-8H2,2H3,(H,17,22)(H,18,20). The van der Waals surface area contributed by atoms with Crippen LogP contribution in [0, 0.1) is 11.8 Å². The van der Waals surface area contributed by atoms with Crippen LogP contribution in [0.15, 0.2) is 12.7 Å². The maximum Gasteiger partial charge on any atom is 0.246 e. The third-order valence-corrected chi connectivity index (χ3v) is 5.29. The largest absolute Gasteiger partial charge is 0.351 e. The van der Waals surface area contributed by atoms with Crippen molar-refractivity contribution in [3.63, 3.8) is 0 Å². The monoisotopic (exact) mass is 305 g/mol. The summed E-state index contributed by atoms with van der Waals surface area (Å²) in [4.78, 5) is 37.5. The van der Waals surface area contributed by atoms with E-state index in [4.69, 9.17) is 0 Å². The molecule has 0 spiro atoms. The predicted octanol–water partition coefficient (Wildman–Crippen LogP) is 0.193. The van der Waals surface area contributed by atoms with Crippen molar-refractivity contribution in [3.8, 4) is 0 Å². The van der Waals surface area contributed by atoms with Crippen molar-refractivity contribution in [2.24, 2.45) is 11.8 Å². The van der Waals surface area contributed by atoms with E-state index in [9.17, 15) is 14.4 Å². The zero-order valence-electron chi connectivity index (χ0n) is 12.9. The molecule has 2 aliphatic heterocycles. The van der Waals surface area contributed by atoms with Gasteiger partial charge in [0.05, 0.1) is 0 Å². The normalized spacial score (nSPS) is 36.9. The van der Waals surface area contributed by atoms with Gasteiger partial charge in [-0.05, 0) is 37.2 Å². The molecule has 1 aliphatic carbocycles. The van der Waals surface area contributed by atoms with E-state index in [-0.39, 0.29) is 35.7 Å². The highest BCUT2D eigenvalue weighted by atomic mass is 16.2. The second-order valence-corrected chi connectivity index (χ2v) is 6.76. The summed E-state index contributed by atoms with van der Waals surface area (Å²) in [5, 5.41) is 5.84. The average Bonchev–Trinajstić information content (AvgIpc) is 3.01. The van der Waals surface area contributed by atoms with Crippen LogP contribution in [0.25, 0.3) is 0 Å². The summed E-state index contributed by atoms with van der Waals surface area (Å²) in [7, 11) is 0. The molecule has 3 amide bonds. The van der Waals surface area contributed by atoms with Crippen molar-refractivity contribution < 1.29 is 14.4 Å². The summed E-state index contributed by atoms with van der Waals surface area (Å²) in [5.74, 6) is 0.178. The molecular weight excluding hydrogens is 282 g/mol. The zero-order chi connectivity index (χ0) is 15.9. The maximum absolute atomic E-state index is 12.4. The molecular formula is C16H23N3O3. The number of fused-ring (bicyclic) bond motifs is 2. The van der Waals surface area contributed by atoms with Crippen LogP contribution in [-0.4, -0.2) is 47.3 Å². The molecule has 2 heterocycles. The Kier molecular flexibility index (Phi) is 3.93. The minimum absolute atomic E-state index is 0.0174. The van der Waals surface area contributed by atoms with Crippen molar-refractivity contribution in [1.29, 1.82) is 0 Å². The molecule has 2 N–H and O–H groups in total. The van der Waals surface area contributed by atoms with Crippen LogP contribution in [0.3, 0.4) is 0 Å². The van der Waals surface area contributed by atoms with Gasteiger partial charge in [-0.1, -0.05) is 13.5 Å². The quantitative estimate of drug-likeness (QED) is 0.731. The zero-order valence-corrected chi connectivity index (χ0v) is 12.9. The lowest BCUT2D eigenvalue weighted by Crippen LogP contribution is -2.50. The first-order valence-corrected chi connectivity index (χ1v) is 8.02. The van der Waals surface area contributed by atoms with Gasteiger partial charge in [0.15, 0.2) is 0 Å². The highest BCUT2D eigenvalue weighted by Gasteiger charge is 2.44. The van der Waals surface area contributed by atoms with Crippen molar-refractivity contribution >= 4 is 17.7 Å². The molecule has 3 aliphatic rings. The van der Waals surface area contributed by atoms with E-state index in [2.05, 4.69) is 17.2 Å². The van der Waals surface area contributed by atoms with E-state index in [1.54, 1.807) is 0 Å². The number of carbonyl (C=O) groups is 3. The molecule has 2 saturated heterocycles. The van der Waals surface area contributed by atoms with Gasteiger partial charge in [0.25, 0.3) is 0 Å². The van der Waals surface area contributed by atoms with Crippen molar-refractivity contribution in [2.75, 3.05) is 6.54 Å². The summed E-state index contributed by atoms with van der Waals surface area (Å²) < 4.78 is 0. The van der Waals surface area contributed by atoms with E-state index >= 15 is 0 Å². The molecule has 5 atom stereocenters. The Morgan fingerprint density at radius 1 is 1.41 bits per heavy atom. The third kappa shape index (κ3) is 2.62. The van der Waals surface area contributed by atoms with E-state index in [0.29, 0.717) is 18.9 Å². The summed E-state index contributed by atoms with van der Waals surface area (Å²) >= 11 is 0. The minimum atomic E-state index is -0.419. The molecule has 0 aromatic heterocycles. The number of rotatable bonds is 3. The molecule has 1 saturated carbocycles. The van der Waals surface area contributed by atoms with Gasteiger partial charge in [0, 0.05) is 25.0 Å². The average molecular weight is 305 g/mol. The molecule has 0 aromatic carbocycles. The first-order valence-electron chi connectivity index (χ1n) is 8.02. The van der Waals surface area contributed by atoms with Crippen molar-refractivity contribution in [3.05, 3.63) is 12.7 Å². The molecule has 5 unspecified atom stereocenters. The van der Waals surface area contributed by atoms with Gasteiger partial charge >= 0.3 is 0 Å². The highest BCUT2D eigenvalue weighted by molar-refractivity contribution is 5.91. The second kappa shape index (κ2) is 5.74. The maximum atomic E-state index is 12.4. The van der Waals surface area contributed by atoms with Gasteiger partial charge in [0.1, 0.15) is 6.04 Å². The molecule has 6 heteroatoms. The van der Waals surface area contributed by atoms with Crippen molar-refractivity contribution in [1.82, 2.24) is 15.5 Å². The Hall–Kier alpha value is -1.85. The molecule has 0 aromatic rings. The molecule has 120 valence electrons. The Morgan fingerprint density at radius 2 is 2.18 bits per heavy atom. The minimum Gasteiger partial charge on any atom is -0.351 e. The SMILES string of the molecule is C=CC(=O)N1CC2CC1CCC2NC(=O)C1NC(=O)CC1C. The van der Waals surface area contributed by atoms with E-state index in [1.807, 2.05) is 11.8 Å². The summed E-state index contributed by atoms with van der Waals surface area (Å²) in [6.07, 6.45) is 4.52. The first kappa shape index (κ1) is 15.1. The highest BCUT2D eigenvalue weighted by Crippen LogP contribution is 2.36. The fourth-order valence-electron chi connectivity index (χ4n) is 4.08. The van der Waals surface area contributed by atoms with Crippen LogP contribution in [-0.2, 0) is 14.4 Å². The topological polar surface area (TPSA) is 78.5 Å². The lowest BCUT2D eigenvalue weighted by atomic mass is 9.85. The molecule has 3 fully saturated rings. The molecule has 3 rings (SSSR count). The van der Waals surface area contributed by atoms with Crippen LogP contribution in [0.2, 0.25) is 0 Å². The smallest absolute Gasteiger partial charge is 0.246 e. The Labute approximate surface area is 130 Å². The Bertz CT molecular complexity index is 519. The van der Waals surface area contributed by atoms with Gasteiger partial charge < -0.3 is 15.5 Å². The predicted molar refractivity (Wildman–Crippen MR) is 80.7 cm³/mol. The first-order chi connectivity index (χ1) is 10.5. The van der Waals surface area contributed by atoms with Crippen molar-refractivity contribution in [2.45, 2.75) is 50.7 Å². The number of nitrogens with one attached hydrogen (secondary N) is 2. The molecule has 2 bridgehead atoms. The van der Waals surface area contributed by atoms with Gasteiger partial charge in [-0.2, -0.15) is 0 Å². The van der Waals surface area contributed by atoms with Crippen LogP contribution in [0.5, 0.6) is 0 Å². The summed E-state index contributed by atoms with van der Waals surface area (Å²) in [6.45, 7) is 6.16. The summed E-state index contributed by atoms with van der Waals surface area (Å²) in [5.41, 5.74) is 0. The van der Waals surface area contributed by atoms with E-state index in [1.165, 1.54) is 6.08 Å². The lowest BCUT2D eigenvalue weighted by Gasteiger charge is -2.30. The van der Waals surface area contributed by atoms with Gasteiger partial charge in [-0.25, -0.2) is 0 Å². The van der Waals surface area contributed by atoms with Crippen LogP contribution >= 0.6 is 0 Å². The second-order valence-electron chi connectivity index (χ2n) is 6.76. The summed E-state index contributed by atoms with van der Waals surface area (Å²) in [6, 6.07) is -0.0395. The molecule has 0 radical (unpaired) electrons. The number of nitrogens with zero attached hydrogens (tertiary/aromatic N) is 1. The van der Waals surface area contributed by atoms with Gasteiger partial charge in [-0.15, -0.1) is 0 Å². The Morgan fingerprint density at radius 3 is 2.82 bits per heavy atom. The third-order valence-electron chi connectivity index (χ3n) is 5.29. The fourth-order valence-corrected chi connectivity index (χ4v) is 4.08.